The van der Waals surface area contributed by atoms with Gasteiger partial charge in [0.2, 0.25) is 0 Å². The lowest BCUT2D eigenvalue weighted by Gasteiger charge is -2.41. The van der Waals surface area contributed by atoms with Crippen LogP contribution in [0.5, 0.6) is 0 Å². The molecule has 0 aromatic carbocycles. The molecule has 0 bridgehead atoms. The summed E-state index contributed by atoms with van der Waals surface area (Å²) in [6.07, 6.45) is 6.67. The molecule has 0 aromatic rings. The number of nitriles is 1. The summed E-state index contributed by atoms with van der Waals surface area (Å²) in [4.78, 5) is 0. The molecule has 0 aromatic heterocycles. The summed E-state index contributed by atoms with van der Waals surface area (Å²) in [6.45, 7) is 8.76. The molecule has 19 heavy (non-hydrogen) atoms. The van der Waals surface area contributed by atoms with Crippen molar-refractivity contribution < 1.29 is 4.74 Å². The van der Waals surface area contributed by atoms with Gasteiger partial charge in [0.05, 0.1) is 5.57 Å². The molecule has 0 unspecified atom stereocenters. The third-order valence-electron chi connectivity index (χ3n) is 4.51. The van der Waals surface area contributed by atoms with Crippen LogP contribution >= 0.6 is 11.8 Å². The highest BCUT2D eigenvalue weighted by Gasteiger charge is 2.39. The lowest BCUT2D eigenvalue weighted by molar-refractivity contribution is 0.103. The van der Waals surface area contributed by atoms with Crippen molar-refractivity contribution in [2.75, 3.05) is 11.5 Å². The first-order valence-electron chi connectivity index (χ1n) is 6.96. The molecule has 1 aliphatic carbocycles. The van der Waals surface area contributed by atoms with Crippen molar-refractivity contribution in [2.24, 2.45) is 10.8 Å². The molecule has 1 heterocycles. The highest BCUT2D eigenvalue weighted by Crippen LogP contribution is 2.47. The van der Waals surface area contributed by atoms with Crippen LogP contribution in [0.4, 0.5) is 0 Å². The predicted octanol–water partition coefficient (Wildman–Crippen LogP) is 4.30. The van der Waals surface area contributed by atoms with Crippen molar-refractivity contribution in [3.8, 4) is 6.07 Å². The Balaban J connectivity index is 2.21. The topological polar surface area (TPSA) is 33.0 Å². The Morgan fingerprint density at radius 3 is 2.32 bits per heavy atom. The summed E-state index contributed by atoms with van der Waals surface area (Å²) < 4.78 is 6.12. The molecule has 3 heteroatoms. The zero-order valence-electron chi connectivity index (χ0n) is 12.3. The highest BCUT2D eigenvalue weighted by atomic mass is 32.2. The molecule has 0 amide bonds. The van der Waals surface area contributed by atoms with E-state index in [9.17, 15) is 5.26 Å². The zero-order chi connectivity index (χ0) is 14.1. The van der Waals surface area contributed by atoms with Gasteiger partial charge in [-0.1, -0.05) is 33.8 Å². The second kappa shape index (κ2) is 5.25. The van der Waals surface area contributed by atoms with E-state index in [2.05, 4.69) is 45.9 Å². The number of rotatable bonds is 2. The molecule has 0 saturated carbocycles. The van der Waals surface area contributed by atoms with Crippen LogP contribution in [0.2, 0.25) is 0 Å². The van der Waals surface area contributed by atoms with Crippen LogP contribution in [0.1, 0.15) is 40.5 Å². The van der Waals surface area contributed by atoms with E-state index in [4.69, 9.17) is 4.74 Å². The van der Waals surface area contributed by atoms with Gasteiger partial charge >= 0.3 is 0 Å². The number of allylic oxidation sites excluding steroid dienone is 3. The van der Waals surface area contributed by atoms with Gasteiger partial charge in [0, 0.05) is 0 Å². The van der Waals surface area contributed by atoms with Crippen LogP contribution in [-0.2, 0) is 4.74 Å². The molecule has 1 saturated heterocycles. The second-order valence-corrected chi connectivity index (χ2v) is 7.78. The standard InChI is InChI=1S/C16H23NOS/c1-15(2)9-12(11-17)14(10-16(15,3)4)18-13-5-7-19-8-6-13/h9-10,13H,5-8H2,1-4H3. The van der Waals surface area contributed by atoms with Gasteiger partial charge < -0.3 is 4.74 Å². The number of thioether (sulfide) groups is 1. The van der Waals surface area contributed by atoms with Gasteiger partial charge in [-0.3, -0.25) is 0 Å². The lowest BCUT2D eigenvalue weighted by atomic mass is 9.64. The van der Waals surface area contributed by atoms with E-state index in [1.807, 2.05) is 11.8 Å². The van der Waals surface area contributed by atoms with Crippen LogP contribution in [0.25, 0.3) is 0 Å². The van der Waals surface area contributed by atoms with Gasteiger partial charge in [-0.2, -0.15) is 17.0 Å². The molecular formula is C16H23NOS. The average molecular weight is 277 g/mol. The van der Waals surface area contributed by atoms with Crippen molar-refractivity contribution in [3.05, 3.63) is 23.5 Å². The molecule has 0 N–H and O–H groups in total. The zero-order valence-corrected chi connectivity index (χ0v) is 13.1. The van der Waals surface area contributed by atoms with E-state index in [0.717, 1.165) is 18.6 Å². The maximum atomic E-state index is 9.35. The quantitative estimate of drug-likeness (QED) is 0.754. The van der Waals surface area contributed by atoms with E-state index in [1.165, 1.54) is 11.5 Å². The molecule has 104 valence electrons. The maximum Gasteiger partial charge on any atom is 0.133 e. The maximum absolute atomic E-state index is 9.35. The Morgan fingerprint density at radius 2 is 1.74 bits per heavy atom. The molecule has 0 radical (unpaired) electrons. The third kappa shape index (κ3) is 3.00. The lowest BCUT2D eigenvalue weighted by Crippen LogP contribution is -2.33. The van der Waals surface area contributed by atoms with E-state index in [1.54, 1.807) is 0 Å². The van der Waals surface area contributed by atoms with Gasteiger partial charge in [0.25, 0.3) is 0 Å². The first kappa shape index (κ1) is 14.5. The van der Waals surface area contributed by atoms with Crippen molar-refractivity contribution in [1.82, 2.24) is 0 Å². The fraction of sp³-hybridized carbons (Fsp3) is 0.688. The molecule has 0 atom stereocenters. The van der Waals surface area contributed by atoms with Crippen LogP contribution in [0.15, 0.2) is 23.5 Å². The third-order valence-corrected chi connectivity index (χ3v) is 5.55. The van der Waals surface area contributed by atoms with E-state index >= 15 is 0 Å². The SMILES string of the molecule is CC1(C)C=C(C#N)C(OC2CCSCC2)=CC1(C)C. The van der Waals surface area contributed by atoms with Gasteiger partial charge in [0.1, 0.15) is 17.9 Å². The van der Waals surface area contributed by atoms with E-state index < -0.39 is 0 Å². The summed E-state index contributed by atoms with van der Waals surface area (Å²) >= 11 is 1.99. The largest absolute Gasteiger partial charge is 0.489 e. The molecule has 1 aliphatic heterocycles. The van der Waals surface area contributed by atoms with E-state index in [0.29, 0.717) is 5.57 Å². The fourth-order valence-corrected chi connectivity index (χ4v) is 3.43. The normalized spacial score (nSPS) is 26.1. The monoisotopic (exact) mass is 277 g/mol. The molecular weight excluding hydrogens is 254 g/mol. The van der Waals surface area contributed by atoms with Crippen LogP contribution in [-0.4, -0.2) is 17.6 Å². The van der Waals surface area contributed by atoms with E-state index in [-0.39, 0.29) is 16.9 Å². The summed E-state index contributed by atoms with van der Waals surface area (Å²) in [5.74, 6) is 3.13. The van der Waals surface area contributed by atoms with Crippen molar-refractivity contribution in [2.45, 2.75) is 46.6 Å². The number of ether oxygens (including phenoxy) is 1. The number of nitrogens with zero attached hydrogens (tertiary/aromatic N) is 1. The fourth-order valence-electron chi connectivity index (χ4n) is 2.37. The molecule has 0 spiro atoms. The molecule has 2 aliphatic rings. The summed E-state index contributed by atoms with van der Waals surface area (Å²) in [6, 6.07) is 2.30. The first-order chi connectivity index (χ1) is 8.86. The van der Waals surface area contributed by atoms with Crippen molar-refractivity contribution >= 4 is 11.8 Å². The molecule has 2 nitrogen and oxygen atoms in total. The summed E-state index contributed by atoms with van der Waals surface area (Å²) in [7, 11) is 0. The molecule has 1 fully saturated rings. The Hall–Kier alpha value is -0.880. The minimum Gasteiger partial charge on any atom is -0.489 e. The smallest absolute Gasteiger partial charge is 0.133 e. The predicted molar refractivity (Wildman–Crippen MR) is 80.8 cm³/mol. The van der Waals surface area contributed by atoms with Crippen LogP contribution in [0.3, 0.4) is 0 Å². The number of hydrogen-bond acceptors (Lipinski definition) is 3. The Bertz CT molecular complexity index is 448. The second-order valence-electron chi connectivity index (χ2n) is 6.55. The van der Waals surface area contributed by atoms with Gasteiger partial charge in [-0.05, 0) is 41.3 Å². The summed E-state index contributed by atoms with van der Waals surface area (Å²) in [5, 5.41) is 9.35. The van der Waals surface area contributed by atoms with Crippen LogP contribution in [0, 0.1) is 22.2 Å². The van der Waals surface area contributed by atoms with Gasteiger partial charge in [-0.15, -0.1) is 0 Å². The van der Waals surface area contributed by atoms with Crippen molar-refractivity contribution in [3.63, 3.8) is 0 Å². The minimum atomic E-state index is -0.0205. The summed E-state index contributed by atoms with van der Waals surface area (Å²) in [5.41, 5.74) is 0.682. The average Bonchev–Trinajstić information content (AvgIpc) is 2.34. The Kier molecular flexibility index (Phi) is 4.01. The first-order valence-corrected chi connectivity index (χ1v) is 8.12. The minimum absolute atomic E-state index is 0.00605. The van der Waals surface area contributed by atoms with Gasteiger partial charge in [-0.25, -0.2) is 0 Å². The Labute approximate surface area is 120 Å². The van der Waals surface area contributed by atoms with Gasteiger partial charge in [0.15, 0.2) is 0 Å². The highest BCUT2D eigenvalue weighted by molar-refractivity contribution is 7.99. The number of hydrogen-bond donors (Lipinski definition) is 0. The molecule has 2 rings (SSSR count). The Morgan fingerprint density at radius 1 is 1.16 bits per heavy atom. The van der Waals surface area contributed by atoms with Crippen LogP contribution < -0.4 is 0 Å². The van der Waals surface area contributed by atoms with Crippen molar-refractivity contribution in [1.29, 1.82) is 5.26 Å².